The minimum absolute atomic E-state index is 0.513. The van der Waals surface area contributed by atoms with Crippen molar-refractivity contribution < 1.29 is 0 Å². The van der Waals surface area contributed by atoms with E-state index in [2.05, 4.69) is 47.3 Å². The largest absolute Gasteiger partial charge is 0.364 e. The number of hydrogen-bond donors (Lipinski definition) is 1. The van der Waals surface area contributed by atoms with Crippen molar-refractivity contribution >= 4 is 5.82 Å². The molecule has 0 saturated carbocycles. The molecular formula is C17H32N4. The number of aromatic nitrogens is 2. The van der Waals surface area contributed by atoms with Crippen LogP contribution in [0.5, 0.6) is 0 Å². The number of piperidine rings is 1. The molecule has 0 spiro atoms. The van der Waals surface area contributed by atoms with Gasteiger partial charge in [0.1, 0.15) is 0 Å². The van der Waals surface area contributed by atoms with Crippen LogP contribution in [0.1, 0.15) is 58.2 Å². The van der Waals surface area contributed by atoms with Crippen molar-refractivity contribution in [1.29, 1.82) is 0 Å². The summed E-state index contributed by atoms with van der Waals surface area (Å²) in [5, 5.41) is 12.2. The Morgan fingerprint density at radius 3 is 2.67 bits per heavy atom. The monoisotopic (exact) mass is 292 g/mol. The van der Waals surface area contributed by atoms with E-state index < -0.39 is 0 Å². The van der Waals surface area contributed by atoms with Gasteiger partial charge in [0.2, 0.25) is 0 Å². The van der Waals surface area contributed by atoms with Gasteiger partial charge < -0.3 is 10.2 Å². The highest BCUT2D eigenvalue weighted by atomic mass is 15.2. The van der Waals surface area contributed by atoms with E-state index in [0.717, 1.165) is 37.4 Å². The van der Waals surface area contributed by atoms with E-state index in [1.54, 1.807) is 0 Å². The third kappa shape index (κ3) is 5.62. The number of hydrogen-bond acceptors (Lipinski definition) is 4. The average Bonchev–Trinajstić information content (AvgIpc) is 2.52. The van der Waals surface area contributed by atoms with Crippen LogP contribution >= 0.6 is 0 Å². The molecule has 1 N–H and O–H groups in total. The van der Waals surface area contributed by atoms with E-state index >= 15 is 0 Å². The molecule has 1 aliphatic heterocycles. The molecule has 0 unspecified atom stereocenters. The van der Waals surface area contributed by atoms with Crippen LogP contribution in [-0.2, 0) is 6.42 Å². The first-order valence-corrected chi connectivity index (χ1v) is 8.55. The fraction of sp³-hybridized carbons (Fsp3) is 0.765. The molecule has 2 heterocycles. The summed E-state index contributed by atoms with van der Waals surface area (Å²) >= 11 is 0. The minimum atomic E-state index is 0.513. The third-order valence-corrected chi connectivity index (χ3v) is 3.83. The van der Waals surface area contributed by atoms with Gasteiger partial charge in [-0.1, -0.05) is 34.1 Å². The summed E-state index contributed by atoms with van der Waals surface area (Å²) in [5.74, 6) is 0.961. The molecule has 1 aromatic heterocycles. The van der Waals surface area contributed by atoms with Gasteiger partial charge in [0.15, 0.2) is 5.82 Å². The Bertz CT molecular complexity index is 406. The van der Waals surface area contributed by atoms with E-state index in [-0.39, 0.29) is 0 Å². The number of likely N-dealkylation sites (tertiary alicyclic amines) is 1. The lowest BCUT2D eigenvalue weighted by atomic mass is 10.1. The van der Waals surface area contributed by atoms with Crippen LogP contribution in [0.3, 0.4) is 0 Å². The van der Waals surface area contributed by atoms with E-state index in [0.29, 0.717) is 6.04 Å². The first-order chi connectivity index (χ1) is 10.2. The highest BCUT2D eigenvalue weighted by Crippen LogP contribution is 2.17. The van der Waals surface area contributed by atoms with Crippen molar-refractivity contribution in [3.63, 3.8) is 0 Å². The average molecular weight is 292 g/mol. The number of likely N-dealkylation sites (N-methyl/N-ethyl adjacent to an activating group) is 1. The maximum absolute atomic E-state index is 4.36. The predicted molar refractivity (Wildman–Crippen MR) is 90.9 cm³/mol. The Morgan fingerprint density at radius 1 is 1.29 bits per heavy atom. The van der Waals surface area contributed by atoms with Gasteiger partial charge >= 0.3 is 0 Å². The molecule has 1 aliphatic rings. The Labute approximate surface area is 130 Å². The van der Waals surface area contributed by atoms with Crippen LogP contribution in [0.4, 0.5) is 5.82 Å². The zero-order valence-electron chi connectivity index (χ0n) is 14.4. The molecule has 21 heavy (non-hydrogen) atoms. The Balaban J connectivity index is 0.00000106. The van der Waals surface area contributed by atoms with Gasteiger partial charge in [-0.05, 0) is 50.9 Å². The fourth-order valence-electron chi connectivity index (χ4n) is 2.72. The second kappa shape index (κ2) is 9.72. The molecule has 1 saturated heterocycles. The van der Waals surface area contributed by atoms with Crippen molar-refractivity contribution in [3.8, 4) is 0 Å². The van der Waals surface area contributed by atoms with Crippen LogP contribution in [0.15, 0.2) is 6.07 Å². The summed E-state index contributed by atoms with van der Waals surface area (Å²) in [6.07, 6.45) is 4.64. The van der Waals surface area contributed by atoms with Gasteiger partial charge in [0, 0.05) is 12.6 Å². The van der Waals surface area contributed by atoms with Gasteiger partial charge in [-0.15, -0.1) is 5.10 Å². The zero-order chi connectivity index (χ0) is 15.7. The van der Waals surface area contributed by atoms with Crippen molar-refractivity contribution in [3.05, 3.63) is 17.3 Å². The molecule has 1 fully saturated rings. The molecule has 4 heteroatoms. The lowest BCUT2D eigenvalue weighted by Gasteiger charge is -2.32. The highest BCUT2D eigenvalue weighted by molar-refractivity contribution is 5.43. The summed E-state index contributed by atoms with van der Waals surface area (Å²) in [4.78, 5) is 2.50. The second-order valence-electron chi connectivity index (χ2n) is 5.49. The zero-order valence-corrected chi connectivity index (χ0v) is 14.4. The Kier molecular flexibility index (Phi) is 8.28. The molecule has 120 valence electrons. The minimum Gasteiger partial charge on any atom is -0.364 e. The number of aryl methyl sites for hydroxylation is 2. The lowest BCUT2D eigenvalue weighted by Crippen LogP contribution is -2.42. The van der Waals surface area contributed by atoms with Crippen molar-refractivity contribution in [2.75, 3.05) is 25.0 Å². The van der Waals surface area contributed by atoms with Gasteiger partial charge in [0.05, 0.1) is 5.69 Å². The first-order valence-electron chi connectivity index (χ1n) is 8.55. The molecule has 2 rings (SSSR count). The molecule has 0 bridgehead atoms. The topological polar surface area (TPSA) is 41.0 Å². The fourth-order valence-corrected chi connectivity index (χ4v) is 2.72. The van der Waals surface area contributed by atoms with Crippen LogP contribution < -0.4 is 5.32 Å². The first kappa shape index (κ1) is 17.9. The smallest absolute Gasteiger partial charge is 0.151 e. The number of nitrogens with zero attached hydrogens (tertiary/aromatic N) is 3. The quantitative estimate of drug-likeness (QED) is 0.899. The number of anilines is 1. The van der Waals surface area contributed by atoms with Gasteiger partial charge in [-0.3, -0.25) is 0 Å². The maximum Gasteiger partial charge on any atom is 0.151 e. The van der Waals surface area contributed by atoms with Crippen molar-refractivity contribution in [1.82, 2.24) is 15.1 Å². The van der Waals surface area contributed by atoms with E-state index in [4.69, 9.17) is 0 Å². The molecule has 0 aromatic carbocycles. The Morgan fingerprint density at radius 2 is 2.05 bits per heavy atom. The summed E-state index contributed by atoms with van der Waals surface area (Å²) in [7, 11) is 0. The SMILES string of the molecule is CC.CCCc1cc(C)c(N[C@@H]2CCCN(CC)C2)nn1. The Hall–Kier alpha value is -1.16. The van der Waals surface area contributed by atoms with E-state index in [1.807, 2.05) is 13.8 Å². The summed E-state index contributed by atoms with van der Waals surface area (Å²) in [6, 6.07) is 2.68. The molecule has 0 radical (unpaired) electrons. The molecule has 0 aliphatic carbocycles. The van der Waals surface area contributed by atoms with Crippen molar-refractivity contribution in [2.45, 2.75) is 66.3 Å². The van der Waals surface area contributed by atoms with E-state index in [9.17, 15) is 0 Å². The molecule has 1 atom stereocenters. The number of nitrogens with one attached hydrogen (secondary N) is 1. The van der Waals surface area contributed by atoms with Crippen LogP contribution in [0.2, 0.25) is 0 Å². The van der Waals surface area contributed by atoms with Crippen molar-refractivity contribution in [2.24, 2.45) is 0 Å². The number of rotatable bonds is 5. The van der Waals surface area contributed by atoms with Crippen LogP contribution in [0.25, 0.3) is 0 Å². The molecule has 0 amide bonds. The van der Waals surface area contributed by atoms with Crippen LogP contribution in [0, 0.1) is 6.92 Å². The second-order valence-corrected chi connectivity index (χ2v) is 5.49. The lowest BCUT2D eigenvalue weighted by molar-refractivity contribution is 0.226. The summed E-state index contributed by atoms with van der Waals surface area (Å²) in [5.41, 5.74) is 2.32. The molecule has 4 nitrogen and oxygen atoms in total. The summed E-state index contributed by atoms with van der Waals surface area (Å²) in [6.45, 7) is 14.0. The normalized spacial score (nSPS) is 18.8. The van der Waals surface area contributed by atoms with Gasteiger partial charge in [-0.2, -0.15) is 5.10 Å². The predicted octanol–water partition coefficient (Wildman–Crippen LogP) is 3.66. The molecule has 1 aromatic rings. The third-order valence-electron chi connectivity index (χ3n) is 3.83. The van der Waals surface area contributed by atoms with E-state index in [1.165, 1.54) is 24.9 Å². The van der Waals surface area contributed by atoms with Gasteiger partial charge in [0.25, 0.3) is 0 Å². The standard InChI is InChI=1S/C15H26N4.C2H6/c1-4-7-13-10-12(3)15(18-17-13)16-14-8-6-9-19(5-2)11-14;1-2/h10,14H,4-9,11H2,1-3H3,(H,16,18);1-2H3/t14-;/m1./s1. The van der Waals surface area contributed by atoms with Gasteiger partial charge in [-0.25, -0.2) is 0 Å². The van der Waals surface area contributed by atoms with Crippen LogP contribution in [-0.4, -0.2) is 40.8 Å². The molecular weight excluding hydrogens is 260 g/mol. The highest BCUT2D eigenvalue weighted by Gasteiger charge is 2.19. The summed E-state index contributed by atoms with van der Waals surface area (Å²) < 4.78 is 0. The maximum atomic E-state index is 4.36.